The summed E-state index contributed by atoms with van der Waals surface area (Å²) < 4.78 is 22.0. The van der Waals surface area contributed by atoms with Gasteiger partial charge in [0.25, 0.3) is 0 Å². The molecule has 0 unspecified atom stereocenters. The number of likely N-dealkylation sites (tertiary alicyclic amines) is 1. The molecule has 0 aromatic heterocycles. The van der Waals surface area contributed by atoms with E-state index in [4.69, 9.17) is 18.9 Å². The maximum atomic E-state index is 12.6. The van der Waals surface area contributed by atoms with Gasteiger partial charge >= 0.3 is 0 Å². The monoisotopic (exact) mass is 458 g/mol. The van der Waals surface area contributed by atoms with Crippen molar-refractivity contribution in [2.45, 2.75) is 32.4 Å². The first-order valence-corrected chi connectivity index (χ1v) is 11.0. The second kappa shape index (κ2) is 11.8. The maximum Gasteiger partial charge on any atom is 0.223 e. The average molecular weight is 459 g/mol. The van der Waals surface area contributed by atoms with E-state index < -0.39 is 12.1 Å². The van der Waals surface area contributed by atoms with Gasteiger partial charge in [-0.05, 0) is 61.5 Å². The Morgan fingerprint density at radius 2 is 1.79 bits per heavy atom. The zero-order valence-electron chi connectivity index (χ0n) is 18.3. The van der Waals surface area contributed by atoms with Crippen LogP contribution in [-0.2, 0) is 4.79 Å². The molecule has 0 spiro atoms. The van der Waals surface area contributed by atoms with Crippen molar-refractivity contribution in [2.75, 3.05) is 46.6 Å². The molecule has 2 N–H and O–H groups in total. The predicted octanol–water partition coefficient (Wildman–Crippen LogP) is 2.80. The van der Waals surface area contributed by atoms with Crippen LogP contribution in [-0.4, -0.2) is 68.5 Å². The van der Waals surface area contributed by atoms with Gasteiger partial charge < -0.3 is 34.3 Å². The van der Waals surface area contributed by atoms with Crippen LogP contribution in [0.3, 0.4) is 0 Å². The van der Waals surface area contributed by atoms with Crippen LogP contribution in [0.5, 0.6) is 23.0 Å². The first-order valence-electron chi connectivity index (χ1n) is 11.0. The number of aliphatic hydroxyl groups is 1. The Morgan fingerprint density at radius 1 is 1.09 bits per heavy atom. The summed E-state index contributed by atoms with van der Waals surface area (Å²) >= 11 is 0. The third-order valence-electron chi connectivity index (χ3n) is 5.70. The smallest absolute Gasteiger partial charge is 0.223 e. The summed E-state index contributed by atoms with van der Waals surface area (Å²) in [5.41, 5.74) is 0.689. The lowest BCUT2D eigenvalue weighted by atomic mass is 9.99. The minimum Gasteiger partial charge on any atom is -0.497 e. The molecule has 1 fully saturated rings. The van der Waals surface area contributed by atoms with Crippen molar-refractivity contribution in [3.8, 4) is 23.0 Å². The minimum atomic E-state index is -0.863. The number of nitrogens with one attached hydrogen (secondary N) is 1. The van der Waals surface area contributed by atoms with Gasteiger partial charge in [0.05, 0.1) is 26.2 Å². The van der Waals surface area contributed by atoms with E-state index in [0.29, 0.717) is 42.6 Å². The highest BCUT2D eigenvalue weighted by molar-refractivity contribution is 5.76. The number of ether oxygens (including phenoxy) is 4. The number of rotatable bonds is 10. The van der Waals surface area contributed by atoms with Crippen LogP contribution in [0, 0.1) is 0 Å². The summed E-state index contributed by atoms with van der Waals surface area (Å²) in [6, 6.07) is 12.2. The Morgan fingerprint density at radius 3 is 2.45 bits per heavy atom. The SMILES string of the molecule is C.COc1ccc(OCCC(=O)N[C@H](CN2CCC2)[C@H](O)c2ccc3c(c2)OCCO3)cc1. The van der Waals surface area contributed by atoms with Crippen LogP contribution < -0.4 is 24.3 Å². The van der Waals surface area contributed by atoms with E-state index in [2.05, 4.69) is 10.2 Å². The molecule has 0 aliphatic carbocycles. The van der Waals surface area contributed by atoms with E-state index in [-0.39, 0.29) is 26.4 Å². The fraction of sp³-hybridized carbons (Fsp3) is 0.480. The highest BCUT2D eigenvalue weighted by Gasteiger charge is 2.28. The lowest BCUT2D eigenvalue weighted by Gasteiger charge is -2.36. The normalized spacial score (nSPS) is 16.5. The molecule has 2 heterocycles. The third-order valence-corrected chi connectivity index (χ3v) is 5.70. The number of aliphatic hydroxyl groups excluding tert-OH is 1. The van der Waals surface area contributed by atoms with E-state index in [1.165, 1.54) is 0 Å². The largest absolute Gasteiger partial charge is 0.497 e. The molecule has 2 atom stereocenters. The quantitative estimate of drug-likeness (QED) is 0.566. The van der Waals surface area contributed by atoms with Crippen molar-refractivity contribution in [3.05, 3.63) is 48.0 Å². The zero-order chi connectivity index (χ0) is 22.3. The zero-order valence-corrected chi connectivity index (χ0v) is 18.3. The van der Waals surface area contributed by atoms with Gasteiger partial charge in [-0.15, -0.1) is 0 Å². The van der Waals surface area contributed by atoms with E-state index in [9.17, 15) is 9.90 Å². The van der Waals surface area contributed by atoms with Crippen LogP contribution in [0.15, 0.2) is 42.5 Å². The minimum absolute atomic E-state index is 0. The van der Waals surface area contributed by atoms with Crippen LogP contribution in [0.1, 0.15) is 31.9 Å². The van der Waals surface area contributed by atoms with E-state index in [1.54, 1.807) is 31.4 Å². The van der Waals surface area contributed by atoms with Crippen molar-refractivity contribution < 1.29 is 28.8 Å². The van der Waals surface area contributed by atoms with Gasteiger partial charge in [-0.1, -0.05) is 13.5 Å². The van der Waals surface area contributed by atoms with Crippen molar-refractivity contribution in [1.29, 1.82) is 0 Å². The summed E-state index contributed by atoms with van der Waals surface area (Å²) in [4.78, 5) is 14.8. The Hall–Kier alpha value is -2.97. The molecule has 4 rings (SSSR count). The molecule has 0 saturated carbocycles. The molecule has 33 heavy (non-hydrogen) atoms. The summed E-state index contributed by atoms with van der Waals surface area (Å²) in [7, 11) is 1.61. The van der Waals surface area contributed by atoms with Crippen molar-refractivity contribution in [1.82, 2.24) is 10.2 Å². The Labute approximate surface area is 195 Å². The topological polar surface area (TPSA) is 89.5 Å². The molecule has 180 valence electrons. The second-order valence-corrected chi connectivity index (χ2v) is 7.95. The third kappa shape index (κ3) is 6.52. The highest BCUT2D eigenvalue weighted by atomic mass is 16.6. The molecule has 2 aromatic carbocycles. The van der Waals surface area contributed by atoms with Crippen LogP contribution >= 0.6 is 0 Å². The molecule has 0 bridgehead atoms. The second-order valence-electron chi connectivity index (χ2n) is 7.95. The highest BCUT2D eigenvalue weighted by Crippen LogP contribution is 2.33. The molecular formula is C25H34N2O6. The number of hydrogen-bond acceptors (Lipinski definition) is 7. The first kappa shape index (κ1) is 24.7. The number of nitrogens with zero attached hydrogens (tertiary/aromatic N) is 1. The summed E-state index contributed by atoms with van der Waals surface area (Å²) in [5.74, 6) is 2.55. The molecule has 8 heteroatoms. The maximum absolute atomic E-state index is 12.6. The lowest BCUT2D eigenvalue weighted by Crippen LogP contribution is -2.51. The first-order chi connectivity index (χ1) is 15.6. The van der Waals surface area contributed by atoms with Crippen molar-refractivity contribution >= 4 is 5.91 Å². The number of methoxy groups -OCH3 is 1. The van der Waals surface area contributed by atoms with Gasteiger partial charge in [0.2, 0.25) is 5.91 Å². The van der Waals surface area contributed by atoms with Crippen molar-refractivity contribution in [2.24, 2.45) is 0 Å². The van der Waals surface area contributed by atoms with Crippen LogP contribution in [0.4, 0.5) is 0 Å². The van der Waals surface area contributed by atoms with Crippen LogP contribution in [0.25, 0.3) is 0 Å². The Kier molecular flexibility index (Phi) is 8.79. The molecule has 2 aromatic rings. The molecule has 8 nitrogen and oxygen atoms in total. The molecule has 2 aliphatic rings. The predicted molar refractivity (Wildman–Crippen MR) is 125 cm³/mol. The molecule has 2 aliphatic heterocycles. The number of fused-ring (bicyclic) bond motifs is 1. The average Bonchev–Trinajstić information content (AvgIpc) is 2.80. The Bertz CT molecular complexity index is 900. The van der Waals surface area contributed by atoms with Crippen molar-refractivity contribution in [3.63, 3.8) is 0 Å². The fourth-order valence-electron chi connectivity index (χ4n) is 3.76. The van der Waals surface area contributed by atoms with Gasteiger partial charge in [-0.2, -0.15) is 0 Å². The number of carbonyl (C=O) groups excluding carboxylic acids is 1. The number of carbonyl (C=O) groups is 1. The molecule has 1 amide bonds. The van der Waals surface area contributed by atoms with Gasteiger partial charge in [-0.3, -0.25) is 4.79 Å². The number of amides is 1. The van der Waals surface area contributed by atoms with Gasteiger partial charge in [-0.25, -0.2) is 0 Å². The lowest BCUT2D eigenvalue weighted by molar-refractivity contribution is -0.123. The number of benzene rings is 2. The molecule has 1 saturated heterocycles. The Balaban J connectivity index is 0.00000306. The summed E-state index contributed by atoms with van der Waals surface area (Å²) in [5, 5.41) is 14.1. The van der Waals surface area contributed by atoms with Crippen LogP contribution in [0.2, 0.25) is 0 Å². The number of hydrogen-bond donors (Lipinski definition) is 2. The van der Waals surface area contributed by atoms with E-state index in [0.717, 1.165) is 25.3 Å². The standard InChI is InChI=1S/C24H30N2O6.CH4/c1-29-18-4-6-19(7-5-18)30-12-9-23(27)25-20(16-26-10-2-11-26)24(28)17-3-8-21-22(15-17)32-14-13-31-21;/h3-8,15,20,24,28H,2,9-14,16H2,1H3,(H,25,27);1H4/t20-,24-;/m1./s1. The van der Waals surface area contributed by atoms with E-state index in [1.807, 2.05) is 18.2 Å². The van der Waals surface area contributed by atoms with Gasteiger partial charge in [0.15, 0.2) is 11.5 Å². The van der Waals surface area contributed by atoms with E-state index >= 15 is 0 Å². The fourth-order valence-corrected chi connectivity index (χ4v) is 3.76. The summed E-state index contributed by atoms with van der Waals surface area (Å²) in [6.07, 6.45) is 0.463. The summed E-state index contributed by atoms with van der Waals surface area (Å²) in [6.45, 7) is 3.77. The van der Waals surface area contributed by atoms with Gasteiger partial charge in [0, 0.05) is 6.54 Å². The molecule has 0 radical (unpaired) electrons. The van der Waals surface area contributed by atoms with Gasteiger partial charge in [0.1, 0.15) is 30.8 Å². The molecular weight excluding hydrogens is 424 g/mol.